The molecule has 21 heavy (non-hydrogen) atoms. The monoisotopic (exact) mass is 291 g/mol. The lowest BCUT2D eigenvalue weighted by Crippen LogP contribution is -2.41. The summed E-state index contributed by atoms with van der Waals surface area (Å²) in [4.78, 5) is 0. The third kappa shape index (κ3) is 2.69. The predicted octanol–water partition coefficient (Wildman–Crippen LogP) is 3.07. The minimum Gasteiger partial charge on any atom is -0.489 e. The van der Waals surface area contributed by atoms with Crippen molar-refractivity contribution in [2.24, 2.45) is 0 Å². The molecule has 0 radical (unpaired) electrons. The van der Waals surface area contributed by atoms with Crippen molar-refractivity contribution in [1.29, 1.82) is 0 Å². The molecule has 2 unspecified atom stereocenters. The van der Waals surface area contributed by atoms with Crippen molar-refractivity contribution in [3.8, 4) is 11.5 Å². The maximum absolute atomic E-state index is 13.7. The minimum absolute atomic E-state index is 0.0182. The summed E-state index contributed by atoms with van der Waals surface area (Å²) in [5, 5.41) is 3.16. The molecular formula is C16H15F2NO2. The molecule has 3 nitrogen and oxygen atoms in total. The molecule has 0 bridgehead atoms. The molecule has 2 aromatic rings. The van der Waals surface area contributed by atoms with E-state index in [9.17, 15) is 8.78 Å². The highest BCUT2D eigenvalue weighted by Crippen LogP contribution is 2.34. The summed E-state index contributed by atoms with van der Waals surface area (Å²) >= 11 is 0. The average Bonchev–Trinajstić information content (AvgIpc) is 2.49. The first-order valence-electron chi connectivity index (χ1n) is 6.69. The molecule has 1 heterocycles. The van der Waals surface area contributed by atoms with Gasteiger partial charge in [-0.1, -0.05) is 18.2 Å². The zero-order valence-corrected chi connectivity index (χ0v) is 11.5. The van der Waals surface area contributed by atoms with Gasteiger partial charge in [0.15, 0.2) is 17.7 Å². The molecule has 0 fully saturated rings. The molecule has 2 aromatic carbocycles. The van der Waals surface area contributed by atoms with E-state index in [1.807, 2.05) is 31.3 Å². The molecule has 0 amide bonds. The van der Waals surface area contributed by atoms with Gasteiger partial charge in [0.25, 0.3) is 0 Å². The molecule has 0 saturated carbocycles. The van der Waals surface area contributed by atoms with Gasteiger partial charge in [-0.05, 0) is 25.2 Å². The van der Waals surface area contributed by atoms with Gasteiger partial charge >= 0.3 is 0 Å². The summed E-state index contributed by atoms with van der Waals surface area (Å²) < 4.78 is 38.0. The van der Waals surface area contributed by atoms with E-state index in [2.05, 4.69) is 5.32 Å². The van der Waals surface area contributed by atoms with Gasteiger partial charge < -0.3 is 14.8 Å². The van der Waals surface area contributed by atoms with Gasteiger partial charge in [0.2, 0.25) is 0 Å². The Bertz CT molecular complexity index is 648. The number of fused-ring (bicyclic) bond motifs is 1. The van der Waals surface area contributed by atoms with Crippen LogP contribution in [0, 0.1) is 11.6 Å². The van der Waals surface area contributed by atoms with Crippen LogP contribution in [0.2, 0.25) is 0 Å². The Morgan fingerprint density at radius 3 is 2.76 bits per heavy atom. The molecule has 110 valence electrons. The summed E-state index contributed by atoms with van der Waals surface area (Å²) in [5.74, 6) is -0.542. The standard InChI is InChI=1S/C16H15F2NO2/c1-19-16-11-4-2-3-5-13(11)20-9-15(16)21-14-7-6-10(17)8-12(14)18/h2-8,15-16,19H,9H2,1H3. The second-order valence-electron chi connectivity index (χ2n) is 4.85. The predicted molar refractivity (Wildman–Crippen MR) is 74.5 cm³/mol. The van der Waals surface area contributed by atoms with Crippen molar-refractivity contribution in [1.82, 2.24) is 5.32 Å². The first-order valence-corrected chi connectivity index (χ1v) is 6.69. The summed E-state index contributed by atoms with van der Waals surface area (Å²) in [5.41, 5.74) is 0.957. The van der Waals surface area contributed by atoms with Crippen molar-refractivity contribution in [2.45, 2.75) is 12.1 Å². The fourth-order valence-corrected chi connectivity index (χ4v) is 2.51. The number of para-hydroxylation sites is 1. The van der Waals surface area contributed by atoms with E-state index in [0.717, 1.165) is 17.4 Å². The first-order chi connectivity index (χ1) is 10.2. The van der Waals surface area contributed by atoms with Crippen molar-refractivity contribution >= 4 is 0 Å². The van der Waals surface area contributed by atoms with E-state index >= 15 is 0 Å². The first kappa shape index (κ1) is 13.8. The molecule has 0 spiro atoms. The Labute approximate surface area is 121 Å². The highest BCUT2D eigenvalue weighted by Gasteiger charge is 2.31. The fourth-order valence-electron chi connectivity index (χ4n) is 2.51. The van der Waals surface area contributed by atoms with Crippen LogP contribution in [0.5, 0.6) is 11.5 Å². The van der Waals surface area contributed by atoms with Crippen molar-refractivity contribution in [3.05, 3.63) is 59.7 Å². The molecule has 1 aliphatic rings. The molecule has 0 aliphatic carbocycles. The number of halogens is 2. The molecule has 2 atom stereocenters. The second kappa shape index (κ2) is 5.69. The Balaban J connectivity index is 1.86. The van der Waals surface area contributed by atoms with Gasteiger partial charge in [-0.3, -0.25) is 0 Å². The molecule has 1 N–H and O–H groups in total. The normalized spacial score (nSPS) is 20.5. The van der Waals surface area contributed by atoms with Crippen LogP contribution in [-0.2, 0) is 0 Å². The Morgan fingerprint density at radius 1 is 1.19 bits per heavy atom. The highest BCUT2D eigenvalue weighted by atomic mass is 19.1. The zero-order valence-electron chi connectivity index (χ0n) is 11.5. The second-order valence-corrected chi connectivity index (χ2v) is 4.85. The Kier molecular flexibility index (Phi) is 3.75. The number of nitrogens with one attached hydrogen (secondary N) is 1. The van der Waals surface area contributed by atoms with Crippen LogP contribution in [0.3, 0.4) is 0 Å². The van der Waals surface area contributed by atoms with E-state index in [-0.39, 0.29) is 11.8 Å². The van der Waals surface area contributed by atoms with Crippen molar-refractivity contribution in [3.63, 3.8) is 0 Å². The number of hydrogen-bond acceptors (Lipinski definition) is 3. The molecule has 0 saturated heterocycles. The van der Waals surface area contributed by atoms with Gasteiger partial charge in [0, 0.05) is 11.6 Å². The van der Waals surface area contributed by atoms with Gasteiger partial charge in [-0.25, -0.2) is 8.78 Å². The van der Waals surface area contributed by atoms with Crippen LogP contribution in [0.1, 0.15) is 11.6 Å². The lowest BCUT2D eigenvalue weighted by Gasteiger charge is -2.33. The number of ether oxygens (including phenoxy) is 2. The summed E-state index contributed by atoms with van der Waals surface area (Å²) in [7, 11) is 1.81. The van der Waals surface area contributed by atoms with Crippen LogP contribution in [0.4, 0.5) is 8.78 Å². The molecule has 5 heteroatoms. The van der Waals surface area contributed by atoms with Crippen LogP contribution >= 0.6 is 0 Å². The zero-order chi connectivity index (χ0) is 14.8. The Hall–Kier alpha value is -2.14. The maximum atomic E-state index is 13.7. The van der Waals surface area contributed by atoms with Gasteiger partial charge in [-0.15, -0.1) is 0 Å². The van der Waals surface area contributed by atoms with E-state index in [1.165, 1.54) is 12.1 Å². The smallest absolute Gasteiger partial charge is 0.167 e. The van der Waals surface area contributed by atoms with Crippen LogP contribution < -0.4 is 14.8 Å². The molecule has 3 rings (SSSR count). The lowest BCUT2D eigenvalue weighted by molar-refractivity contribution is 0.0739. The van der Waals surface area contributed by atoms with Gasteiger partial charge in [-0.2, -0.15) is 0 Å². The van der Waals surface area contributed by atoms with Crippen molar-refractivity contribution in [2.75, 3.05) is 13.7 Å². The quantitative estimate of drug-likeness (QED) is 0.942. The van der Waals surface area contributed by atoms with Gasteiger partial charge in [0.1, 0.15) is 18.2 Å². The number of likely N-dealkylation sites (N-methyl/N-ethyl adjacent to an activating group) is 1. The minimum atomic E-state index is -0.719. The van der Waals surface area contributed by atoms with Crippen LogP contribution in [-0.4, -0.2) is 19.8 Å². The van der Waals surface area contributed by atoms with Crippen molar-refractivity contribution < 1.29 is 18.3 Å². The third-order valence-corrected chi connectivity index (χ3v) is 3.51. The molecular weight excluding hydrogens is 276 g/mol. The average molecular weight is 291 g/mol. The molecule has 1 aliphatic heterocycles. The number of hydrogen-bond donors (Lipinski definition) is 1. The lowest BCUT2D eigenvalue weighted by atomic mass is 9.98. The van der Waals surface area contributed by atoms with E-state index in [1.54, 1.807) is 0 Å². The largest absolute Gasteiger partial charge is 0.489 e. The number of rotatable bonds is 3. The highest BCUT2D eigenvalue weighted by molar-refractivity contribution is 5.39. The summed E-state index contributed by atoms with van der Waals surface area (Å²) in [6.45, 7) is 0.291. The van der Waals surface area contributed by atoms with Crippen LogP contribution in [0.15, 0.2) is 42.5 Å². The fraction of sp³-hybridized carbons (Fsp3) is 0.250. The number of benzene rings is 2. The van der Waals surface area contributed by atoms with E-state index < -0.39 is 17.7 Å². The van der Waals surface area contributed by atoms with E-state index in [4.69, 9.17) is 9.47 Å². The van der Waals surface area contributed by atoms with Gasteiger partial charge in [0.05, 0.1) is 6.04 Å². The maximum Gasteiger partial charge on any atom is 0.167 e. The van der Waals surface area contributed by atoms with E-state index in [0.29, 0.717) is 6.61 Å². The topological polar surface area (TPSA) is 30.5 Å². The summed E-state index contributed by atoms with van der Waals surface area (Å²) in [6, 6.07) is 10.8. The Morgan fingerprint density at radius 2 is 2.00 bits per heavy atom. The summed E-state index contributed by atoms with van der Waals surface area (Å²) in [6.07, 6.45) is -0.398. The molecule has 0 aromatic heterocycles. The SMILES string of the molecule is CNC1c2ccccc2OCC1Oc1ccc(F)cc1F. The third-order valence-electron chi connectivity index (χ3n) is 3.51. The van der Waals surface area contributed by atoms with Crippen LogP contribution in [0.25, 0.3) is 0 Å².